The molecular formula is C48H80O20. The molecule has 0 aromatic rings. The number of esters is 1. The molecule has 0 radical (unpaired) electrons. The van der Waals surface area contributed by atoms with Gasteiger partial charge in [0.15, 0.2) is 24.7 Å². The highest BCUT2D eigenvalue weighted by atomic mass is 16.8. The van der Waals surface area contributed by atoms with Crippen LogP contribution >= 0.6 is 0 Å². The van der Waals surface area contributed by atoms with Crippen LogP contribution in [0.3, 0.4) is 0 Å². The van der Waals surface area contributed by atoms with Crippen LogP contribution in [0.4, 0.5) is 0 Å². The Morgan fingerprint density at radius 1 is 0.721 bits per heavy atom. The number of fused-ring (bicyclic) bond motifs is 7. The lowest BCUT2D eigenvalue weighted by Crippen LogP contribution is -2.67. The second-order valence-corrected chi connectivity index (χ2v) is 22.3. The average Bonchev–Trinajstić information content (AvgIpc) is 3.68. The number of hydrogen-bond donors (Lipinski definition) is 10. The van der Waals surface area contributed by atoms with Crippen molar-refractivity contribution in [2.24, 2.45) is 46.3 Å². The number of hydrogen-bond acceptors (Lipinski definition) is 20. The van der Waals surface area contributed by atoms with E-state index in [2.05, 4.69) is 20.8 Å². The number of carbonyl (C=O) groups is 1. The topological polar surface area (TPSA) is 302 Å². The van der Waals surface area contributed by atoms with Crippen molar-refractivity contribution in [2.75, 3.05) is 26.9 Å². The zero-order valence-corrected chi connectivity index (χ0v) is 40.5. The normalized spacial score (nSPS) is 54.0. The lowest BCUT2D eigenvalue weighted by atomic mass is 9.44. The number of rotatable bonds is 14. The second kappa shape index (κ2) is 20.2. The van der Waals surface area contributed by atoms with Gasteiger partial charge in [0, 0.05) is 31.8 Å². The van der Waals surface area contributed by atoms with E-state index in [0.717, 1.165) is 38.5 Å². The van der Waals surface area contributed by atoms with Gasteiger partial charge in [0.05, 0.1) is 38.1 Å². The third-order valence-corrected chi connectivity index (χ3v) is 18.8. The van der Waals surface area contributed by atoms with Gasteiger partial charge in [-0.2, -0.15) is 0 Å². The summed E-state index contributed by atoms with van der Waals surface area (Å²) in [7, 11) is 1.66. The molecule has 0 unspecified atom stereocenters. The number of carbonyl (C=O) groups excluding carboxylic acids is 1. The summed E-state index contributed by atoms with van der Waals surface area (Å²) < 4.78 is 54.8. The SMILES string of the molecule is CO[C@]1(CC[C@@H](C)COC(C)=O)O[C@H]2C[C@H]3[C@@H]4CC[C@H]5C[C@@H](O[C@@H]6O[C@H](CO)[C@@H](O[C@@H]7O[C@H](CO)[C@@H](O)[C@H](O)[C@H]7O)[C@H](O)[C@H]6O[C@@H]6O[C@@H](C)[C@H](O)[C@@H](O)[C@H]6O)CC[C@]5(C)[C@H]4CC[C@]3(C)[C@@]2(O)[C@@H]1C. The van der Waals surface area contributed by atoms with Gasteiger partial charge in [-0.15, -0.1) is 0 Å². The van der Waals surface area contributed by atoms with Gasteiger partial charge in [0.2, 0.25) is 0 Å². The minimum absolute atomic E-state index is 0.0424. The zero-order valence-electron chi connectivity index (χ0n) is 40.5. The van der Waals surface area contributed by atoms with Crippen LogP contribution in [-0.2, 0) is 47.4 Å². The van der Waals surface area contributed by atoms with Gasteiger partial charge in [-0.3, -0.25) is 4.79 Å². The first kappa shape index (κ1) is 53.1. The van der Waals surface area contributed by atoms with Gasteiger partial charge in [-0.05, 0) is 99.7 Å². The van der Waals surface area contributed by atoms with E-state index >= 15 is 0 Å². The van der Waals surface area contributed by atoms with Crippen LogP contribution < -0.4 is 0 Å². The van der Waals surface area contributed by atoms with E-state index < -0.39 is 128 Å². The summed E-state index contributed by atoms with van der Waals surface area (Å²) in [5.41, 5.74) is -1.53. The molecule has 27 atom stereocenters. The molecule has 68 heavy (non-hydrogen) atoms. The third kappa shape index (κ3) is 8.92. The summed E-state index contributed by atoms with van der Waals surface area (Å²) in [5, 5.41) is 109. The highest BCUT2D eigenvalue weighted by molar-refractivity contribution is 5.65. The van der Waals surface area contributed by atoms with Crippen molar-refractivity contribution < 1.29 is 98.5 Å². The molecule has 10 N–H and O–H groups in total. The van der Waals surface area contributed by atoms with Gasteiger partial charge in [-0.1, -0.05) is 27.7 Å². The van der Waals surface area contributed by atoms with Crippen molar-refractivity contribution in [3.63, 3.8) is 0 Å². The van der Waals surface area contributed by atoms with Crippen molar-refractivity contribution in [1.29, 1.82) is 0 Å². The van der Waals surface area contributed by atoms with Crippen LogP contribution in [0.1, 0.15) is 106 Å². The monoisotopic (exact) mass is 977 g/mol. The Hall–Kier alpha value is -1.25. The summed E-state index contributed by atoms with van der Waals surface area (Å²) in [4.78, 5) is 11.4. The predicted molar refractivity (Wildman–Crippen MR) is 233 cm³/mol. The molecule has 20 heteroatoms. The van der Waals surface area contributed by atoms with E-state index in [-0.39, 0.29) is 41.2 Å². The van der Waals surface area contributed by atoms with E-state index in [9.17, 15) is 55.9 Å². The Labute approximate surface area is 398 Å². The fourth-order valence-electron chi connectivity index (χ4n) is 14.6. The molecule has 4 saturated heterocycles. The number of methoxy groups -OCH3 is 1. The summed E-state index contributed by atoms with van der Waals surface area (Å²) >= 11 is 0. The Bertz CT molecular complexity index is 1730. The third-order valence-electron chi connectivity index (χ3n) is 18.8. The van der Waals surface area contributed by atoms with Crippen LogP contribution in [0.15, 0.2) is 0 Å². The number of ether oxygens (including phenoxy) is 9. The average molecular weight is 977 g/mol. The minimum Gasteiger partial charge on any atom is -0.466 e. The predicted octanol–water partition coefficient (Wildman–Crippen LogP) is -0.412. The number of aliphatic hydroxyl groups is 10. The Balaban J connectivity index is 0.961. The molecule has 0 spiro atoms. The lowest BCUT2D eigenvalue weighted by molar-refractivity contribution is -0.390. The molecule has 0 amide bonds. The van der Waals surface area contributed by atoms with Crippen LogP contribution in [0.25, 0.3) is 0 Å². The quantitative estimate of drug-likeness (QED) is 0.0782. The molecule has 8 rings (SSSR count). The molecular weight excluding hydrogens is 897 g/mol. The number of aliphatic hydroxyl groups excluding tert-OH is 9. The van der Waals surface area contributed by atoms with E-state index in [1.54, 1.807) is 7.11 Å². The van der Waals surface area contributed by atoms with Crippen molar-refractivity contribution in [3.05, 3.63) is 0 Å². The van der Waals surface area contributed by atoms with Crippen molar-refractivity contribution in [1.82, 2.24) is 0 Å². The van der Waals surface area contributed by atoms with Crippen LogP contribution in [0.2, 0.25) is 0 Å². The smallest absolute Gasteiger partial charge is 0.302 e. The van der Waals surface area contributed by atoms with Gasteiger partial charge < -0.3 is 93.7 Å². The van der Waals surface area contributed by atoms with Crippen molar-refractivity contribution in [3.8, 4) is 0 Å². The van der Waals surface area contributed by atoms with Crippen LogP contribution in [0.5, 0.6) is 0 Å². The first-order valence-corrected chi connectivity index (χ1v) is 25.1. The maximum absolute atomic E-state index is 13.0. The van der Waals surface area contributed by atoms with E-state index in [4.69, 9.17) is 42.6 Å². The summed E-state index contributed by atoms with van der Waals surface area (Å²) in [6.45, 7) is 10.5. The largest absolute Gasteiger partial charge is 0.466 e. The van der Waals surface area contributed by atoms with Gasteiger partial charge in [-0.25, -0.2) is 0 Å². The van der Waals surface area contributed by atoms with Gasteiger partial charge in [0.25, 0.3) is 0 Å². The van der Waals surface area contributed by atoms with Crippen molar-refractivity contribution in [2.45, 2.75) is 221 Å². The zero-order chi connectivity index (χ0) is 49.4. The van der Waals surface area contributed by atoms with Crippen molar-refractivity contribution >= 4 is 5.97 Å². The van der Waals surface area contributed by atoms with Gasteiger partial charge >= 0.3 is 5.97 Å². The Morgan fingerprint density at radius 3 is 2.03 bits per heavy atom. The molecule has 0 aromatic carbocycles. The highest BCUT2D eigenvalue weighted by Crippen LogP contribution is 2.72. The fraction of sp³-hybridized carbons (Fsp3) is 0.979. The summed E-state index contributed by atoms with van der Waals surface area (Å²) in [5.74, 6) is -0.204. The standard InChI is InChI=1S/C48H80O20/c1-21(20-61-24(4)51)10-15-47(60-7)23(3)48(59)32(68-47)17-29-27-9-8-25-16-26(11-13-45(25,5)28(27)12-14-46(29,48)6)63-44-41(67-42-37(56)35(54)33(52)22(2)62-42)39(58)40(31(19-50)65-44)66-43-38(57)36(55)34(53)30(18-49)64-43/h21-23,25-44,49-50,52-59H,8-20H2,1-7H3/t21-,22+,23-,25+,26+,27-,28+,29+,30-,31-,32+,33+,34-,35-,36+,37-,38-,39+,40-,41-,42+,43+,44-,45+,46+,47-,48-/m1/s1. The highest BCUT2D eigenvalue weighted by Gasteiger charge is 2.76. The molecule has 4 aliphatic heterocycles. The molecule has 0 aromatic heterocycles. The molecule has 392 valence electrons. The Kier molecular flexibility index (Phi) is 15.8. The molecule has 20 nitrogen and oxygen atoms in total. The molecule has 4 heterocycles. The second-order valence-electron chi connectivity index (χ2n) is 22.3. The summed E-state index contributed by atoms with van der Waals surface area (Å²) in [6, 6.07) is 0. The van der Waals surface area contributed by atoms with E-state index in [1.165, 1.54) is 13.8 Å². The maximum atomic E-state index is 13.0. The molecule has 4 aliphatic carbocycles. The maximum Gasteiger partial charge on any atom is 0.302 e. The van der Waals surface area contributed by atoms with E-state index in [0.29, 0.717) is 44.1 Å². The first-order chi connectivity index (χ1) is 32.1. The minimum atomic E-state index is -1.84. The molecule has 8 fully saturated rings. The Morgan fingerprint density at radius 2 is 1.37 bits per heavy atom. The van der Waals surface area contributed by atoms with E-state index in [1.807, 2.05) is 6.92 Å². The molecule has 0 bridgehead atoms. The van der Waals surface area contributed by atoms with Crippen LogP contribution in [0, 0.1) is 46.3 Å². The lowest BCUT2D eigenvalue weighted by Gasteiger charge is -2.62. The first-order valence-electron chi connectivity index (χ1n) is 25.1. The van der Waals surface area contributed by atoms with Crippen LogP contribution in [-0.4, -0.2) is 200 Å². The molecule has 4 saturated carbocycles. The van der Waals surface area contributed by atoms with Gasteiger partial charge in [0.1, 0.15) is 72.7 Å². The summed E-state index contributed by atoms with van der Waals surface area (Å²) in [6.07, 6.45) is -16.3. The fourth-order valence-corrected chi connectivity index (χ4v) is 14.6. The molecule has 8 aliphatic rings.